The Labute approximate surface area is 118 Å². The van der Waals surface area contributed by atoms with Crippen molar-refractivity contribution in [3.05, 3.63) is 53.3 Å². The van der Waals surface area contributed by atoms with Crippen LogP contribution in [0, 0.1) is 6.92 Å². The fourth-order valence-corrected chi connectivity index (χ4v) is 2.20. The second-order valence-electron chi connectivity index (χ2n) is 4.70. The van der Waals surface area contributed by atoms with Gasteiger partial charge in [0.1, 0.15) is 6.04 Å². The number of aliphatic carboxylic acids is 1. The van der Waals surface area contributed by atoms with Crippen LogP contribution in [0.25, 0.3) is 0 Å². The zero-order chi connectivity index (χ0) is 14.5. The molecule has 0 fully saturated rings. The van der Waals surface area contributed by atoms with Crippen molar-refractivity contribution < 1.29 is 9.90 Å². The molecule has 0 aliphatic rings. The van der Waals surface area contributed by atoms with Crippen molar-refractivity contribution in [2.24, 2.45) is 0 Å². The fourth-order valence-electron chi connectivity index (χ4n) is 2.20. The Hall–Kier alpha value is -2.14. The predicted octanol–water partition coefficient (Wildman–Crippen LogP) is 2.13. The first kappa shape index (κ1) is 14.3. The Morgan fingerprint density at radius 1 is 1.45 bits per heavy atom. The predicted molar refractivity (Wildman–Crippen MR) is 76.3 cm³/mol. The van der Waals surface area contributed by atoms with Crippen LogP contribution in [-0.4, -0.2) is 20.9 Å². The van der Waals surface area contributed by atoms with Gasteiger partial charge in [-0.3, -0.25) is 14.8 Å². The number of nitrogens with one attached hydrogen (secondary N) is 1. The van der Waals surface area contributed by atoms with Crippen LogP contribution in [0.1, 0.15) is 29.8 Å². The molecule has 20 heavy (non-hydrogen) atoms. The van der Waals surface area contributed by atoms with Crippen LogP contribution < -0.4 is 5.32 Å². The summed E-state index contributed by atoms with van der Waals surface area (Å²) < 4.78 is 1.85. The summed E-state index contributed by atoms with van der Waals surface area (Å²) in [5.41, 5.74) is 2.79. The smallest absolute Gasteiger partial charge is 0.325 e. The van der Waals surface area contributed by atoms with E-state index in [1.807, 2.05) is 48.9 Å². The molecule has 1 unspecified atom stereocenters. The normalized spacial score (nSPS) is 12.3. The Balaban J connectivity index is 2.13. The van der Waals surface area contributed by atoms with E-state index >= 15 is 0 Å². The Kier molecular flexibility index (Phi) is 4.53. The minimum Gasteiger partial charge on any atom is -0.480 e. The SMILES string of the molecule is CCn1nccc1CNC(C(=O)O)c1cccc(C)c1. The maximum atomic E-state index is 11.4. The summed E-state index contributed by atoms with van der Waals surface area (Å²) in [5.74, 6) is -0.877. The highest BCUT2D eigenvalue weighted by Gasteiger charge is 2.19. The molecule has 0 aliphatic carbocycles. The summed E-state index contributed by atoms with van der Waals surface area (Å²) in [6.07, 6.45) is 1.73. The molecule has 2 aromatic rings. The van der Waals surface area contributed by atoms with E-state index in [4.69, 9.17) is 0 Å². The highest BCUT2D eigenvalue weighted by atomic mass is 16.4. The molecule has 0 saturated carbocycles. The third kappa shape index (κ3) is 3.24. The van der Waals surface area contributed by atoms with Gasteiger partial charge in [0, 0.05) is 19.3 Å². The highest BCUT2D eigenvalue weighted by molar-refractivity contribution is 5.75. The summed E-state index contributed by atoms with van der Waals surface area (Å²) in [7, 11) is 0. The molecule has 0 bridgehead atoms. The Morgan fingerprint density at radius 2 is 2.25 bits per heavy atom. The van der Waals surface area contributed by atoms with Crippen LogP contribution in [0.2, 0.25) is 0 Å². The van der Waals surface area contributed by atoms with E-state index in [1.54, 1.807) is 6.20 Å². The summed E-state index contributed by atoms with van der Waals surface area (Å²) in [6, 6.07) is 8.73. The fraction of sp³-hybridized carbons (Fsp3) is 0.333. The quantitative estimate of drug-likeness (QED) is 0.846. The van der Waals surface area contributed by atoms with Gasteiger partial charge >= 0.3 is 5.97 Å². The van der Waals surface area contributed by atoms with Gasteiger partial charge in [0.05, 0.1) is 5.69 Å². The van der Waals surface area contributed by atoms with Crippen LogP contribution in [0.5, 0.6) is 0 Å². The third-order valence-electron chi connectivity index (χ3n) is 3.21. The standard InChI is InChI=1S/C15H19N3O2/c1-3-18-13(7-8-17-18)10-16-14(15(19)20)12-6-4-5-11(2)9-12/h4-9,14,16H,3,10H2,1-2H3,(H,19,20). The van der Waals surface area contributed by atoms with Gasteiger partial charge in [0.2, 0.25) is 0 Å². The van der Waals surface area contributed by atoms with Crippen LogP contribution in [0.4, 0.5) is 0 Å². The van der Waals surface area contributed by atoms with Gasteiger partial charge in [0.25, 0.3) is 0 Å². The topological polar surface area (TPSA) is 67.2 Å². The monoisotopic (exact) mass is 273 g/mol. The van der Waals surface area contributed by atoms with Gasteiger partial charge in [-0.05, 0) is 25.5 Å². The lowest BCUT2D eigenvalue weighted by atomic mass is 10.0. The number of nitrogens with zero attached hydrogens (tertiary/aromatic N) is 2. The molecule has 1 aromatic carbocycles. The molecule has 5 heteroatoms. The van der Waals surface area contributed by atoms with Crippen LogP contribution in [-0.2, 0) is 17.9 Å². The molecular weight excluding hydrogens is 254 g/mol. The first-order chi connectivity index (χ1) is 9.61. The second-order valence-corrected chi connectivity index (χ2v) is 4.70. The number of carboxylic acids is 1. The lowest BCUT2D eigenvalue weighted by Crippen LogP contribution is -2.29. The van der Waals surface area contributed by atoms with Crippen LogP contribution in [0.15, 0.2) is 36.5 Å². The lowest BCUT2D eigenvalue weighted by molar-refractivity contribution is -0.139. The number of rotatable bonds is 6. The summed E-state index contributed by atoms with van der Waals surface area (Å²) >= 11 is 0. The van der Waals surface area contributed by atoms with E-state index in [0.29, 0.717) is 6.54 Å². The van der Waals surface area contributed by atoms with Crippen molar-refractivity contribution in [3.63, 3.8) is 0 Å². The van der Waals surface area contributed by atoms with Gasteiger partial charge < -0.3 is 5.11 Å². The number of aromatic nitrogens is 2. The average Bonchev–Trinajstić information content (AvgIpc) is 2.86. The average molecular weight is 273 g/mol. The minimum absolute atomic E-state index is 0.471. The van der Waals surface area contributed by atoms with E-state index in [1.165, 1.54) is 0 Å². The van der Waals surface area contributed by atoms with Crippen molar-refractivity contribution >= 4 is 5.97 Å². The zero-order valence-corrected chi connectivity index (χ0v) is 11.7. The molecule has 106 valence electrons. The maximum Gasteiger partial charge on any atom is 0.325 e. The van der Waals surface area contributed by atoms with Gasteiger partial charge in [-0.15, -0.1) is 0 Å². The largest absolute Gasteiger partial charge is 0.480 e. The molecule has 0 amide bonds. The number of carbonyl (C=O) groups is 1. The first-order valence-corrected chi connectivity index (χ1v) is 6.65. The summed E-state index contributed by atoms with van der Waals surface area (Å²) in [6.45, 7) is 5.20. The van der Waals surface area contributed by atoms with Crippen LogP contribution >= 0.6 is 0 Å². The number of hydrogen-bond donors (Lipinski definition) is 2. The molecule has 1 heterocycles. The third-order valence-corrected chi connectivity index (χ3v) is 3.21. The molecule has 1 atom stereocenters. The van der Waals surface area contributed by atoms with E-state index in [-0.39, 0.29) is 0 Å². The van der Waals surface area contributed by atoms with Gasteiger partial charge in [-0.2, -0.15) is 5.10 Å². The Bertz CT molecular complexity index is 592. The second kappa shape index (κ2) is 6.34. The molecule has 2 rings (SSSR count). The highest BCUT2D eigenvalue weighted by Crippen LogP contribution is 2.15. The molecule has 2 N–H and O–H groups in total. The van der Waals surface area contributed by atoms with E-state index in [9.17, 15) is 9.90 Å². The summed E-state index contributed by atoms with van der Waals surface area (Å²) in [5, 5.41) is 16.6. The summed E-state index contributed by atoms with van der Waals surface area (Å²) in [4.78, 5) is 11.4. The van der Waals surface area contributed by atoms with Gasteiger partial charge in [-0.25, -0.2) is 0 Å². The van der Waals surface area contributed by atoms with E-state index in [2.05, 4.69) is 10.4 Å². The van der Waals surface area contributed by atoms with Gasteiger partial charge in [0.15, 0.2) is 0 Å². The number of benzene rings is 1. The molecular formula is C15H19N3O2. The molecule has 0 radical (unpaired) electrons. The number of hydrogen-bond acceptors (Lipinski definition) is 3. The minimum atomic E-state index is -0.877. The van der Waals surface area contributed by atoms with Crippen molar-refractivity contribution in [1.82, 2.24) is 15.1 Å². The number of aryl methyl sites for hydroxylation is 2. The van der Waals surface area contributed by atoms with E-state index in [0.717, 1.165) is 23.4 Å². The molecule has 5 nitrogen and oxygen atoms in total. The number of carboxylic acid groups (broad SMARTS) is 1. The van der Waals surface area contributed by atoms with Crippen LogP contribution in [0.3, 0.4) is 0 Å². The lowest BCUT2D eigenvalue weighted by Gasteiger charge is -2.15. The van der Waals surface area contributed by atoms with Crippen molar-refractivity contribution in [3.8, 4) is 0 Å². The van der Waals surface area contributed by atoms with E-state index < -0.39 is 12.0 Å². The molecule has 0 saturated heterocycles. The molecule has 1 aromatic heterocycles. The first-order valence-electron chi connectivity index (χ1n) is 6.65. The molecule has 0 spiro atoms. The maximum absolute atomic E-state index is 11.4. The zero-order valence-electron chi connectivity index (χ0n) is 11.7. The molecule has 0 aliphatic heterocycles. The Morgan fingerprint density at radius 3 is 2.90 bits per heavy atom. The van der Waals surface area contributed by atoms with Crippen molar-refractivity contribution in [1.29, 1.82) is 0 Å². The van der Waals surface area contributed by atoms with Gasteiger partial charge in [-0.1, -0.05) is 29.8 Å². The van der Waals surface area contributed by atoms with Crippen molar-refractivity contribution in [2.75, 3.05) is 0 Å². The van der Waals surface area contributed by atoms with Crippen molar-refractivity contribution in [2.45, 2.75) is 33.0 Å².